The van der Waals surface area contributed by atoms with E-state index in [1.165, 1.54) is 25.7 Å². The lowest BCUT2D eigenvalue weighted by molar-refractivity contribution is 0.169. The van der Waals surface area contributed by atoms with Gasteiger partial charge in [-0.15, -0.1) is 0 Å². The normalized spacial score (nSPS) is 20.9. The minimum atomic E-state index is 0.142. The highest BCUT2D eigenvalue weighted by Crippen LogP contribution is 2.15. The lowest BCUT2D eigenvalue weighted by atomic mass is 10.0. The Kier molecular flexibility index (Phi) is 6.27. The number of likely N-dealkylation sites (tertiary alicyclic amines) is 1. The van der Waals surface area contributed by atoms with Crippen LogP contribution in [-0.2, 0) is 0 Å². The molecule has 1 N–H and O–H groups in total. The average molecular weight is 226 g/mol. The Balaban J connectivity index is 2.09. The molecule has 0 radical (unpaired) electrons. The number of nitrogens with zero attached hydrogens (tertiary/aromatic N) is 1. The fraction of sp³-hybridized carbons (Fsp3) is 0.923. The van der Waals surface area contributed by atoms with E-state index in [-0.39, 0.29) is 6.03 Å². The van der Waals surface area contributed by atoms with Crippen LogP contribution in [0.25, 0.3) is 0 Å². The van der Waals surface area contributed by atoms with Crippen LogP contribution in [0.4, 0.5) is 4.79 Å². The Morgan fingerprint density at radius 3 is 2.88 bits per heavy atom. The van der Waals surface area contributed by atoms with Crippen LogP contribution >= 0.6 is 0 Å². The second-order valence-electron chi connectivity index (χ2n) is 4.99. The van der Waals surface area contributed by atoms with E-state index in [0.29, 0.717) is 5.92 Å². The molecule has 0 aromatic carbocycles. The van der Waals surface area contributed by atoms with Gasteiger partial charge in [-0.2, -0.15) is 0 Å². The van der Waals surface area contributed by atoms with Crippen molar-refractivity contribution in [2.24, 2.45) is 5.92 Å². The van der Waals surface area contributed by atoms with Crippen molar-refractivity contribution in [1.82, 2.24) is 10.2 Å². The predicted octanol–water partition coefficient (Wildman–Crippen LogP) is 3.01. The molecule has 2 amide bonds. The molecule has 0 aliphatic carbocycles. The number of unbranched alkanes of at least 4 members (excludes halogenated alkanes) is 3. The first-order valence-corrected chi connectivity index (χ1v) is 6.76. The topological polar surface area (TPSA) is 32.3 Å². The Morgan fingerprint density at radius 2 is 2.19 bits per heavy atom. The van der Waals surface area contributed by atoms with Crippen molar-refractivity contribution in [3.8, 4) is 0 Å². The number of carbonyl (C=O) groups is 1. The van der Waals surface area contributed by atoms with Crippen LogP contribution in [0.15, 0.2) is 0 Å². The summed E-state index contributed by atoms with van der Waals surface area (Å²) in [6.45, 7) is 7.13. The van der Waals surface area contributed by atoms with Gasteiger partial charge in [0, 0.05) is 19.6 Å². The largest absolute Gasteiger partial charge is 0.338 e. The summed E-state index contributed by atoms with van der Waals surface area (Å²) < 4.78 is 0. The minimum absolute atomic E-state index is 0.142. The molecule has 0 saturated carbocycles. The summed E-state index contributed by atoms with van der Waals surface area (Å²) in [5, 5.41) is 3.02. The third kappa shape index (κ3) is 4.86. The van der Waals surface area contributed by atoms with Gasteiger partial charge in [0.05, 0.1) is 0 Å². The Morgan fingerprint density at radius 1 is 1.38 bits per heavy atom. The van der Waals surface area contributed by atoms with Gasteiger partial charge in [0.1, 0.15) is 0 Å². The lowest BCUT2D eigenvalue weighted by Gasteiger charge is -2.30. The van der Waals surface area contributed by atoms with Gasteiger partial charge in [-0.3, -0.25) is 0 Å². The van der Waals surface area contributed by atoms with Crippen molar-refractivity contribution in [3.05, 3.63) is 0 Å². The summed E-state index contributed by atoms with van der Waals surface area (Å²) >= 11 is 0. The standard InChI is InChI=1S/C13H26N2O/c1-3-4-5-6-9-14-13(16)15-10-7-8-12(2)11-15/h12H,3-11H2,1-2H3,(H,14,16). The maximum absolute atomic E-state index is 11.8. The van der Waals surface area contributed by atoms with Gasteiger partial charge >= 0.3 is 6.03 Å². The van der Waals surface area contributed by atoms with E-state index in [0.717, 1.165) is 32.5 Å². The summed E-state index contributed by atoms with van der Waals surface area (Å²) in [5.74, 6) is 0.666. The van der Waals surface area contributed by atoms with Crippen molar-refractivity contribution in [2.45, 2.75) is 52.4 Å². The molecule has 1 fully saturated rings. The SMILES string of the molecule is CCCCCCNC(=O)N1CCCC(C)C1. The number of hydrogen-bond acceptors (Lipinski definition) is 1. The Labute approximate surface area is 99.6 Å². The van der Waals surface area contributed by atoms with Gasteiger partial charge in [-0.25, -0.2) is 4.79 Å². The van der Waals surface area contributed by atoms with Gasteiger partial charge in [0.15, 0.2) is 0 Å². The molecule has 16 heavy (non-hydrogen) atoms. The number of amides is 2. The molecule has 1 atom stereocenters. The highest BCUT2D eigenvalue weighted by molar-refractivity contribution is 5.74. The molecule has 0 bridgehead atoms. The molecule has 1 aliphatic heterocycles. The molecule has 1 rings (SSSR count). The Hall–Kier alpha value is -0.730. The Bertz CT molecular complexity index is 206. The van der Waals surface area contributed by atoms with Crippen molar-refractivity contribution in [2.75, 3.05) is 19.6 Å². The van der Waals surface area contributed by atoms with E-state index in [9.17, 15) is 4.79 Å². The van der Waals surface area contributed by atoms with E-state index >= 15 is 0 Å². The molecule has 1 heterocycles. The predicted molar refractivity (Wildman–Crippen MR) is 67.5 cm³/mol. The van der Waals surface area contributed by atoms with E-state index in [1.807, 2.05) is 4.90 Å². The maximum atomic E-state index is 11.8. The first kappa shape index (κ1) is 13.3. The summed E-state index contributed by atoms with van der Waals surface area (Å²) in [5.41, 5.74) is 0. The third-order valence-electron chi connectivity index (χ3n) is 3.25. The van der Waals surface area contributed by atoms with Crippen LogP contribution in [0.2, 0.25) is 0 Å². The molecule has 3 heteroatoms. The van der Waals surface area contributed by atoms with E-state index in [4.69, 9.17) is 0 Å². The van der Waals surface area contributed by atoms with Gasteiger partial charge in [0.25, 0.3) is 0 Å². The van der Waals surface area contributed by atoms with E-state index < -0.39 is 0 Å². The van der Waals surface area contributed by atoms with Crippen molar-refractivity contribution < 1.29 is 4.79 Å². The highest BCUT2D eigenvalue weighted by Gasteiger charge is 2.20. The number of rotatable bonds is 5. The molecule has 0 spiro atoms. The molecule has 3 nitrogen and oxygen atoms in total. The van der Waals surface area contributed by atoms with Crippen molar-refractivity contribution in [1.29, 1.82) is 0 Å². The second-order valence-corrected chi connectivity index (χ2v) is 4.99. The fourth-order valence-electron chi connectivity index (χ4n) is 2.23. The highest BCUT2D eigenvalue weighted by atomic mass is 16.2. The summed E-state index contributed by atoms with van der Waals surface area (Å²) in [6, 6.07) is 0.142. The molecule has 0 aromatic rings. The summed E-state index contributed by atoms with van der Waals surface area (Å²) in [6.07, 6.45) is 7.29. The molecule has 1 saturated heterocycles. The fourth-order valence-corrected chi connectivity index (χ4v) is 2.23. The van der Waals surface area contributed by atoms with Crippen LogP contribution in [-0.4, -0.2) is 30.6 Å². The third-order valence-corrected chi connectivity index (χ3v) is 3.25. The van der Waals surface area contributed by atoms with Crippen LogP contribution in [0, 0.1) is 5.92 Å². The first-order valence-electron chi connectivity index (χ1n) is 6.76. The number of urea groups is 1. The summed E-state index contributed by atoms with van der Waals surface area (Å²) in [4.78, 5) is 13.8. The monoisotopic (exact) mass is 226 g/mol. The minimum Gasteiger partial charge on any atom is -0.338 e. The molecule has 94 valence electrons. The lowest BCUT2D eigenvalue weighted by Crippen LogP contribution is -2.45. The van der Waals surface area contributed by atoms with Crippen LogP contribution in [0.3, 0.4) is 0 Å². The van der Waals surface area contributed by atoms with E-state index in [1.54, 1.807) is 0 Å². The summed E-state index contributed by atoms with van der Waals surface area (Å²) in [7, 11) is 0. The van der Waals surface area contributed by atoms with Crippen LogP contribution in [0.5, 0.6) is 0 Å². The first-order chi connectivity index (χ1) is 7.74. The molecule has 1 aliphatic rings. The molecule has 1 unspecified atom stereocenters. The van der Waals surface area contributed by atoms with E-state index in [2.05, 4.69) is 19.2 Å². The zero-order valence-electron chi connectivity index (χ0n) is 10.8. The van der Waals surface area contributed by atoms with Crippen LogP contribution in [0.1, 0.15) is 52.4 Å². The van der Waals surface area contributed by atoms with Crippen molar-refractivity contribution >= 4 is 6.03 Å². The number of hydrogen-bond donors (Lipinski definition) is 1. The van der Waals surface area contributed by atoms with Gasteiger partial charge in [-0.05, 0) is 25.2 Å². The smallest absolute Gasteiger partial charge is 0.317 e. The number of nitrogens with one attached hydrogen (secondary N) is 1. The van der Waals surface area contributed by atoms with Crippen molar-refractivity contribution in [3.63, 3.8) is 0 Å². The zero-order valence-corrected chi connectivity index (χ0v) is 10.8. The average Bonchev–Trinajstić information content (AvgIpc) is 2.28. The molecule has 0 aromatic heterocycles. The molecular formula is C13H26N2O. The zero-order chi connectivity index (χ0) is 11.8. The van der Waals surface area contributed by atoms with Gasteiger partial charge in [-0.1, -0.05) is 33.1 Å². The number of piperidine rings is 1. The second kappa shape index (κ2) is 7.53. The van der Waals surface area contributed by atoms with Crippen LogP contribution < -0.4 is 5.32 Å². The molecular weight excluding hydrogens is 200 g/mol. The number of carbonyl (C=O) groups excluding carboxylic acids is 1. The maximum Gasteiger partial charge on any atom is 0.317 e. The quantitative estimate of drug-likeness (QED) is 0.718. The van der Waals surface area contributed by atoms with Gasteiger partial charge in [0.2, 0.25) is 0 Å². The van der Waals surface area contributed by atoms with Gasteiger partial charge < -0.3 is 10.2 Å².